The summed E-state index contributed by atoms with van der Waals surface area (Å²) in [5.41, 5.74) is 20.9. The van der Waals surface area contributed by atoms with Crippen molar-refractivity contribution in [2.45, 2.75) is 0 Å². The molecule has 12 aromatic rings. The minimum Gasteiger partial charge on any atom is -0.310 e. The van der Waals surface area contributed by atoms with E-state index >= 15 is 0 Å². The summed E-state index contributed by atoms with van der Waals surface area (Å²) in [4.78, 5) is 2.39. The molecule has 0 unspecified atom stereocenters. The molecule has 2 nitrogen and oxygen atoms in total. The van der Waals surface area contributed by atoms with Crippen molar-refractivity contribution >= 4 is 38.9 Å². The summed E-state index contributed by atoms with van der Waals surface area (Å²) in [5.74, 6) is 0. The topological polar surface area (TPSA) is 8.17 Å². The van der Waals surface area contributed by atoms with Crippen LogP contribution in [0.15, 0.2) is 279 Å². The van der Waals surface area contributed by atoms with E-state index in [2.05, 4.69) is 289 Å². The first kappa shape index (κ1) is 40.5. The molecule has 0 radical (unpaired) electrons. The molecule has 0 amide bonds. The highest BCUT2D eigenvalue weighted by Gasteiger charge is 2.19. The molecule has 0 spiro atoms. The molecule has 0 aliphatic heterocycles. The van der Waals surface area contributed by atoms with Gasteiger partial charge in [0.2, 0.25) is 0 Å². The van der Waals surface area contributed by atoms with Crippen LogP contribution in [0.4, 0.5) is 17.1 Å². The monoisotopic (exact) mass is 866 g/mol. The Morgan fingerprint density at radius 3 is 1.16 bits per heavy atom. The fourth-order valence-electron chi connectivity index (χ4n) is 9.99. The number of hydrogen-bond acceptors (Lipinski definition) is 1. The van der Waals surface area contributed by atoms with Crippen molar-refractivity contribution in [1.29, 1.82) is 0 Å². The van der Waals surface area contributed by atoms with Crippen LogP contribution in [0.1, 0.15) is 0 Å². The number of aromatic nitrogens is 1. The van der Waals surface area contributed by atoms with Gasteiger partial charge in [-0.2, -0.15) is 0 Å². The highest BCUT2D eigenvalue weighted by molar-refractivity contribution is 6.10. The maximum atomic E-state index is 2.44. The first-order chi connectivity index (χ1) is 33.7. The van der Waals surface area contributed by atoms with E-state index in [0.29, 0.717) is 0 Å². The molecule has 320 valence electrons. The van der Waals surface area contributed by atoms with Gasteiger partial charge in [0.1, 0.15) is 0 Å². The zero-order valence-electron chi connectivity index (χ0n) is 37.5. The minimum atomic E-state index is 1.08. The molecule has 1 aromatic heterocycles. The molecule has 0 atom stereocenters. The van der Waals surface area contributed by atoms with Crippen LogP contribution in [-0.2, 0) is 0 Å². The van der Waals surface area contributed by atoms with Gasteiger partial charge in [-0.15, -0.1) is 0 Å². The van der Waals surface area contributed by atoms with Gasteiger partial charge in [-0.25, -0.2) is 0 Å². The summed E-state index contributed by atoms with van der Waals surface area (Å²) in [6.07, 6.45) is 0. The summed E-state index contributed by atoms with van der Waals surface area (Å²) < 4.78 is 2.44. The average Bonchev–Trinajstić information content (AvgIpc) is 3.76. The number of nitrogens with zero attached hydrogens (tertiary/aromatic N) is 2. The van der Waals surface area contributed by atoms with Crippen molar-refractivity contribution in [3.05, 3.63) is 279 Å². The molecule has 0 fully saturated rings. The third kappa shape index (κ3) is 7.64. The van der Waals surface area contributed by atoms with Gasteiger partial charge in [-0.3, -0.25) is 0 Å². The minimum absolute atomic E-state index is 1.08. The molecule has 0 saturated heterocycles. The average molecular weight is 867 g/mol. The normalized spacial score (nSPS) is 11.2. The van der Waals surface area contributed by atoms with Crippen molar-refractivity contribution in [2.24, 2.45) is 0 Å². The second-order valence-electron chi connectivity index (χ2n) is 17.3. The van der Waals surface area contributed by atoms with Gasteiger partial charge >= 0.3 is 0 Å². The van der Waals surface area contributed by atoms with Crippen molar-refractivity contribution in [3.8, 4) is 72.4 Å². The molecule has 0 bridgehead atoms. The third-order valence-electron chi connectivity index (χ3n) is 13.2. The molecule has 12 rings (SSSR count). The Bertz CT molecular complexity index is 3650. The highest BCUT2D eigenvalue weighted by atomic mass is 15.1. The van der Waals surface area contributed by atoms with E-state index in [1.54, 1.807) is 0 Å². The highest BCUT2D eigenvalue weighted by Crippen LogP contribution is 2.43. The summed E-state index contributed by atoms with van der Waals surface area (Å²) >= 11 is 0. The van der Waals surface area contributed by atoms with Crippen molar-refractivity contribution in [3.63, 3.8) is 0 Å². The van der Waals surface area contributed by atoms with Crippen LogP contribution in [0, 0.1) is 0 Å². The summed E-state index contributed by atoms with van der Waals surface area (Å²) in [5, 5.41) is 2.46. The van der Waals surface area contributed by atoms with Crippen LogP contribution in [-0.4, -0.2) is 4.57 Å². The molecular formula is C66H46N2. The Kier molecular flexibility index (Phi) is 10.6. The second kappa shape index (κ2) is 17.8. The predicted molar refractivity (Wildman–Crippen MR) is 288 cm³/mol. The van der Waals surface area contributed by atoms with E-state index in [0.717, 1.165) is 33.9 Å². The van der Waals surface area contributed by atoms with E-state index in [1.165, 1.54) is 77.4 Å². The summed E-state index contributed by atoms with van der Waals surface area (Å²) in [6.45, 7) is 0. The first-order valence-corrected chi connectivity index (χ1v) is 23.3. The fraction of sp³-hybridized carbons (Fsp3) is 0. The first-order valence-electron chi connectivity index (χ1n) is 23.3. The standard InChI is InChI=1S/C66H46N2/c1-4-20-47(21-5-1)50-26-16-30-55(42-50)67(56-31-17-27-51(43-56)48-22-6-2-7-23-48)57-32-18-28-52(44-57)61-36-12-13-37-62(61)54-40-41-64-63-38-14-15-39-65(63)68(66(64)46-54)58-33-19-29-53(45-58)60-35-11-10-34-59(60)49-24-8-3-9-25-49/h1-46H. The van der Waals surface area contributed by atoms with E-state index < -0.39 is 0 Å². The van der Waals surface area contributed by atoms with Crippen LogP contribution in [0.2, 0.25) is 0 Å². The Balaban J connectivity index is 0.979. The zero-order valence-corrected chi connectivity index (χ0v) is 37.5. The van der Waals surface area contributed by atoms with Crippen molar-refractivity contribution in [2.75, 3.05) is 4.90 Å². The van der Waals surface area contributed by atoms with Crippen LogP contribution in [0.25, 0.3) is 94.3 Å². The van der Waals surface area contributed by atoms with Gasteiger partial charge < -0.3 is 9.47 Å². The zero-order chi connectivity index (χ0) is 45.2. The van der Waals surface area contributed by atoms with E-state index in [1.807, 2.05) is 0 Å². The van der Waals surface area contributed by atoms with Gasteiger partial charge in [0.15, 0.2) is 0 Å². The van der Waals surface area contributed by atoms with Gasteiger partial charge in [-0.1, -0.05) is 218 Å². The number of para-hydroxylation sites is 1. The van der Waals surface area contributed by atoms with Gasteiger partial charge in [0, 0.05) is 33.5 Å². The molecule has 0 aliphatic rings. The molecule has 2 heteroatoms. The van der Waals surface area contributed by atoms with Crippen molar-refractivity contribution in [1.82, 2.24) is 4.57 Å². The lowest BCUT2D eigenvalue weighted by atomic mass is 9.93. The van der Waals surface area contributed by atoms with Gasteiger partial charge in [-0.05, 0) is 127 Å². The third-order valence-corrected chi connectivity index (χ3v) is 13.2. The SMILES string of the molecule is c1ccc(-c2cccc(N(c3cccc(-c4ccccc4)c3)c3cccc(-c4ccccc4-c4ccc5c6ccccc6n(-c6cccc(-c7ccccc7-c7ccccc7)c6)c5c4)c3)c2)cc1. The maximum Gasteiger partial charge on any atom is 0.0547 e. The molecule has 0 aliphatic carbocycles. The Morgan fingerprint density at radius 2 is 0.603 bits per heavy atom. The Labute approximate surface area is 397 Å². The summed E-state index contributed by atoms with van der Waals surface area (Å²) in [6, 6.07) is 101. The van der Waals surface area contributed by atoms with Crippen LogP contribution < -0.4 is 4.90 Å². The largest absolute Gasteiger partial charge is 0.310 e. The lowest BCUT2D eigenvalue weighted by Gasteiger charge is -2.27. The van der Waals surface area contributed by atoms with E-state index in [9.17, 15) is 0 Å². The number of fused-ring (bicyclic) bond motifs is 3. The molecule has 11 aromatic carbocycles. The second-order valence-corrected chi connectivity index (χ2v) is 17.3. The molecule has 0 N–H and O–H groups in total. The lowest BCUT2D eigenvalue weighted by molar-refractivity contribution is 1.18. The van der Waals surface area contributed by atoms with Crippen LogP contribution in [0.3, 0.4) is 0 Å². The number of anilines is 3. The molecular weight excluding hydrogens is 821 g/mol. The molecule has 1 heterocycles. The maximum absolute atomic E-state index is 2.44. The number of hydrogen-bond donors (Lipinski definition) is 0. The Hall–Kier alpha value is -8.98. The molecule has 68 heavy (non-hydrogen) atoms. The quantitative estimate of drug-likeness (QED) is 0.133. The van der Waals surface area contributed by atoms with Crippen LogP contribution >= 0.6 is 0 Å². The lowest BCUT2D eigenvalue weighted by Crippen LogP contribution is -2.10. The predicted octanol–water partition coefficient (Wildman–Crippen LogP) is 18.3. The molecule has 0 saturated carbocycles. The number of benzene rings is 11. The van der Waals surface area contributed by atoms with E-state index in [-0.39, 0.29) is 0 Å². The van der Waals surface area contributed by atoms with Gasteiger partial charge in [0.05, 0.1) is 11.0 Å². The van der Waals surface area contributed by atoms with Crippen LogP contribution in [0.5, 0.6) is 0 Å². The van der Waals surface area contributed by atoms with Crippen molar-refractivity contribution < 1.29 is 0 Å². The number of rotatable bonds is 10. The Morgan fingerprint density at radius 1 is 0.221 bits per heavy atom. The summed E-state index contributed by atoms with van der Waals surface area (Å²) in [7, 11) is 0. The smallest absolute Gasteiger partial charge is 0.0547 e. The fourth-order valence-corrected chi connectivity index (χ4v) is 9.99. The van der Waals surface area contributed by atoms with Gasteiger partial charge in [0.25, 0.3) is 0 Å². The van der Waals surface area contributed by atoms with E-state index in [4.69, 9.17) is 0 Å².